The SMILES string of the molecule is C/C(=N\NC(N)=S)c1ccccc1Nc1ccccc1. The topological polar surface area (TPSA) is 62.4 Å². The lowest BCUT2D eigenvalue weighted by Gasteiger charge is -2.12. The number of benzene rings is 2. The monoisotopic (exact) mass is 284 g/mol. The van der Waals surface area contributed by atoms with Crippen molar-refractivity contribution in [2.45, 2.75) is 6.92 Å². The third-order valence-corrected chi connectivity index (χ3v) is 2.79. The summed E-state index contributed by atoms with van der Waals surface area (Å²) >= 11 is 4.75. The highest BCUT2D eigenvalue weighted by atomic mass is 32.1. The van der Waals surface area contributed by atoms with Gasteiger partial charge in [-0.3, -0.25) is 5.43 Å². The van der Waals surface area contributed by atoms with Crippen molar-refractivity contribution in [1.29, 1.82) is 0 Å². The van der Waals surface area contributed by atoms with Gasteiger partial charge in [-0.15, -0.1) is 0 Å². The van der Waals surface area contributed by atoms with E-state index in [0.717, 1.165) is 22.6 Å². The quantitative estimate of drug-likeness (QED) is 0.459. The Morgan fingerprint density at radius 2 is 1.70 bits per heavy atom. The molecule has 0 aliphatic rings. The van der Waals surface area contributed by atoms with Crippen LogP contribution >= 0.6 is 12.2 Å². The Morgan fingerprint density at radius 3 is 2.40 bits per heavy atom. The van der Waals surface area contributed by atoms with Crippen LogP contribution in [-0.4, -0.2) is 10.8 Å². The van der Waals surface area contributed by atoms with Crippen molar-refractivity contribution in [3.05, 3.63) is 60.2 Å². The van der Waals surface area contributed by atoms with Crippen LogP contribution in [0.1, 0.15) is 12.5 Å². The van der Waals surface area contributed by atoms with Gasteiger partial charge in [0.2, 0.25) is 0 Å². The van der Waals surface area contributed by atoms with Crippen molar-refractivity contribution in [1.82, 2.24) is 5.43 Å². The first-order chi connectivity index (χ1) is 9.66. The summed E-state index contributed by atoms with van der Waals surface area (Å²) < 4.78 is 0. The van der Waals surface area contributed by atoms with E-state index in [0.29, 0.717) is 0 Å². The second-order valence-electron chi connectivity index (χ2n) is 4.21. The van der Waals surface area contributed by atoms with Gasteiger partial charge in [-0.2, -0.15) is 5.10 Å². The molecule has 0 spiro atoms. The van der Waals surface area contributed by atoms with Gasteiger partial charge >= 0.3 is 0 Å². The van der Waals surface area contributed by atoms with Crippen LogP contribution in [0, 0.1) is 0 Å². The number of hydrogen-bond acceptors (Lipinski definition) is 3. The summed E-state index contributed by atoms with van der Waals surface area (Å²) in [6, 6.07) is 17.9. The molecular weight excluding hydrogens is 268 g/mol. The first kappa shape index (κ1) is 14.0. The Balaban J connectivity index is 2.26. The van der Waals surface area contributed by atoms with Gasteiger partial charge in [0.15, 0.2) is 5.11 Å². The molecule has 0 unspecified atom stereocenters. The van der Waals surface area contributed by atoms with Crippen molar-refractivity contribution >= 4 is 34.4 Å². The third kappa shape index (κ3) is 3.80. The molecule has 4 nitrogen and oxygen atoms in total. The molecule has 0 amide bonds. The molecule has 102 valence electrons. The zero-order chi connectivity index (χ0) is 14.4. The molecule has 20 heavy (non-hydrogen) atoms. The van der Waals surface area contributed by atoms with Crippen molar-refractivity contribution < 1.29 is 0 Å². The van der Waals surface area contributed by atoms with Gasteiger partial charge in [0, 0.05) is 16.9 Å². The molecule has 0 fully saturated rings. The van der Waals surface area contributed by atoms with E-state index < -0.39 is 0 Å². The molecule has 5 heteroatoms. The molecule has 0 saturated carbocycles. The summed E-state index contributed by atoms with van der Waals surface area (Å²) in [4.78, 5) is 0. The first-order valence-electron chi connectivity index (χ1n) is 6.18. The molecule has 2 aromatic rings. The van der Waals surface area contributed by atoms with Crippen molar-refractivity contribution in [3.8, 4) is 0 Å². The summed E-state index contributed by atoms with van der Waals surface area (Å²) in [5, 5.41) is 7.68. The maximum Gasteiger partial charge on any atom is 0.184 e. The Hall–Kier alpha value is -2.40. The highest BCUT2D eigenvalue weighted by Gasteiger charge is 2.05. The fourth-order valence-corrected chi connectivity index (χ4v) is 1.83. The van der Waals surface area contributed by atoms with Gasteiger partial charge in [-0.05, 0) is 37.3 Å². The number of nitrogens with two attached hydrogens (primary N) is 1. The summed E-state index contributed by atoms with van der Waals surface area (Å²) in [7, 11) is 0. The van der Waals surface area contributed by atoms with Crippen LogP contribution in [0.5, 0.6) is 0 Å². The van der Waals surface area contributed by atoms with E-state index in [9.17, 15) is 0 Å². The zero-order valence-corrected chi connectivity index (χ0v) is 11.9. The molecular formula is C15H16N4S. The molecule has 0 aromatic heterocycles. The van der Waals surface area contributed by atoms with E-state index in [-0.39, 0.29) is 5.11 Å². The Bertz CT molecular complexity index is 623. The largest absolute Gasteiger partial charge is 0.375 e. The fraction of sp³-hybridized carbons (Fsp3) is 0.0667. The molecule has 0 atom stereocenters. The van der Waals surface area contributed by atoms with Gasteiger partial charge in [0.1, 0.15) is 0 Å². The molecule has 0 aliphatic carbocycles. The average molecular weight is 284 g/mol. The number of hydrazone groups is 1. The highest BCUT2D eigenvalue weighted by molar-refractivity contribution is 7.80. The lowest BCUT2D eigenvalue weighted by molar-refractivity contribution is 1.03. The molecule has 2 rings (SSSR count). The van der Waals surface area contributed by atoms with Crippen LogP contribution < -0.4 is 16.5 Å². The lowest BCUT2D eigenvalue weighted by atomic mass is 10.1. The minimum Gasteiger partial charge on any atom is -0.375 e. The minimum atomic E-state index is 0.151. The minimum absolute atomic E-state index is 0.151. The van der Waals surface area contributed by atoms with Crippen LogP contribution in [0.25, 0.3) is 0 Å². The number of thiocarbonyl (C=S) groups is 1. The first-order valence-corrected chi connectivity index (χ1v) is 6.59. The fourth-order valence-electron chi connectivity index (χ4n) is 1.78. The third-order valence-electron chi connectivity index (χ3n) is 2.70. The molecule has 0 heterocycles. The van der Waals surface area contributed by atoms with E-state index in [1.807, 2.05) is 61.5 Å². The van der Waals surface area contributed by atoms with Crippen molar-refractivity contribution in [3.63, 3.8) is 0 Å². The van der Waals surface area contributed by atoms with E-state index >= 15 is 0 Å². The van der Waals surface area contributed by atoms with Crippen LogP contribution in [0.4, 0.5) is 11.4 Å². The van der Waals surface area contributed by atoms with Crippen molar-refractivity contribution in [2.24, 2.45) is 10.8 Å². The van der Waals surface area contributed by atoms with Gasteiger partial charge in [-0.25, -0.2) is 0 Å². The van der Waals surface area contributed by atoms with Gasteiger partial charge in [0.25, 0.3) is 0 Å². The Morgan fingerprint density at radius 1 is 1.05 bits per heavy atom. The second-order valence-corrected chi connectivity index (χ2v) is 4.65. The van der Waals surface area contributed by atoms with E-state index in [2.05, 4.69) is 15.8 Å². The smallest absolute Gasteiger partial charge is 0.184 e. The maximum atomic E-state index is 5.38. The van der Waals surface area contributed by atoms with Gasteiger partial charge in [0.05, 0.1) is 5.71 Å². The second kappa shape index (κ2) is 6.68. The molecule has 0 aliphatic heterocycles. The van der Waals surface area contributed by atoms with Crippen molar-refractivity contribution in [2.75, 3.05) is 5.32 Å². The number of hydrogen-bond donors (Lipinski definition) is 3. The predicted molar refractivity (Wildman–Crippen MR) is 88.3 cm³/mol. The van der Waals surface area contributed by atoms with Crippen LogP contribution in [-0.2, 0) is 0 Å². The van der Waals surface area contributed by atoms with Crippen LogP contribution in [0.2, 0.25) is 0 Å². The summed E-state index contributed by atoms with van der Waals surface area (Å²) in [5.74, 6) is 0. The highest BCUT2D eigenvalue weighted by Crippen LogP contribution is 2.21. The summed E-state index contributed by atoms with van der Waals surface area (Å²) in [5.41, 5.74) is 11.8. The molecule has 0 saturated heterocycles. The number of rotatable bonds is 4. The van der Waals surface area contributed by atoms with E-state index in [4.69, 9.17) is 18.0 Å². The number of nitrogens with one attached hydrogen (secondary N) is 2. The van der Waals surface area contributed by atoms with E-state index in [1.54, 1.807) is 0 Å². The number of anilines is 2. The molecule has 4 N–H and O–H groups in total. The summed E-state index contributed by atoms with van der Waals surface area (Å²) in [6.45, 7) is 1.90. The van der Waals surface area contributed by atoms with Gasteiger partial charge < -0.3 is 11.1 Å². The standard InChI is InChI=1S/C15H16N4S/c1-11(18-19-15(16)20)13-9-5-6-10-14(13)17-12-7-3-2-4-8-12/h2-10,17H,1H3,(H3,16,19,20)/b18-11+. The zero-order valence-electron chi connectivity index (χ0n) is 11.1. The van der Waals surface area contributed by atoms with Gasteiger partial charge in [-0.1, -0.05) is 36.4 Å². The summed E-state index contributed by atoms with van der Waals surface area (Å²) in [6.07, 6.45) is 0. The Labute approximate surface area is 123 Å². The normalized spacial score (nSPS) is 10.9. The van der Waals surface area contributed by atoms with Crippen LogP contribution in [0.15, 0.2) is 59.7 Å². The maximum absolute atomic E-state index is 5.38. The molecule has 0 bridgehead atoms. The van der Waals surface area contributed by atoms with E-state index in [1.165, 1.54) is 0 Å². The Kier molecular flexibility index (Phi) is 4.68. The molecule has 0 radical (unpaired) electrons. The predicted octanol–water partition coefficient (Wildman–Crippen LogP) is 2.99. The average Bonchev–Trinajstić information content (AvgIpc) is 2.46. The lowest BCUT2D eigenvalue weighted by Crippen LogP contribution is -2.25. The molecule has 2 aromatic carbocycles. The number of para-hydroxylation sites is 2. The number of nitrogens with zero attached hydrogens (tertiary/aromatic N) is 1. The van der Waals surface area contributed by atoms with Crippen LogP contribution in [0.3, 0.4) is 0 Å².